The summed E-state index contributed by atoms with van der Waals surface area (Å²) in [6.07, 6.45) is 9.17. The second-order valence-corrected chi connectivity index (χ2v) is 8.75. The second kappa shape index (κ2) is 17.7. The van der Waals surface area contributed by atoms with Crippen LogP contribution >= 0.6 is 0 Å². The van der Waals surface area contributed by atoms with Crippen molar-refractivity contribution in [2.75, 3.05) is 52.9 Å². The minimum absolute atomic E-state index is 0.535. The average Bonchev–Trinajstić information content (AvgIpc) is 3.53. The first-order chi connectivity index (χ1) is 13.3. The number of nitrogens with two attached hydrogens (primary N) is 2. The van der Waals surface area contributed by atoms with E-state index in [-0.39, 0.29) is 0 Å². The predicted octanol–water partition coefficient (Wildman–Crippen LogP) is 4.97. The van der Waals surface area contributed by atoms with Gasteiger partial charge in [0.15, 0.2) is 0 Å². The van der Waals surface area contributed by atoms with E-state index >= 15 is 0 Å². The van der Waals surface area contributed by atoms with E-state index in [1.807, 2.05) is 13.8 Å². The quantitative estimate of drug-likeness (QED) is 0.432. The molecule has 4 nitrogen and oxygen atoms in total. The van der Waals surface area contributed by atoms with E-state index in [1.54, 1.807) is 0 Å². The summed E-state index contributed by atoms with van der Waals surface area (Å²) >= 11 is 0. The Kier molecular flexibility index (Phi) is 19.0. The standard InChI is InChI=1S/C15H32N2.C7H18N2.C2H6/c1-5-14(3,6-2)9-11-17(4)12-10-15(13-16)7-8-15;1-3-6-9(4-2)7-5-8;1-2/h5-13,16H2,1-4H3;3-8H2,1-2H3;1-2H3. The summed E-state index contributed by atoms with van der Waals surface area (Å²) in [5.41, 5.74) is 12.3. The molecule has 0 atom stereocenters. The summed E-state index contributed by atoms with van der Waals surface area (Å²) in [5, 5.41) is 0. The molecule has 0 spiro atoms. The van der Waals surface area contributed by atoms with Crippen LogP contribution in [-0.2, 0) is 0 Å². The molecule has 1 aliphatic rings. The molecule has 0 aromatic rings. The minimum atomic E-state index is 0.535. The highest BCUT2D eigenvalue weighted by molar-refractivity contribution is 4.94. The number of nitrogens with zero attached hydrogens (tertiary/aromatic N) is 2. The summed E-state index contributed by atoms with van der Waals surface area (Å²) in [4.78, 5) is 4.86. The maximum absolute atomic E-state index is 5.82. The monoisotopic (exact) mass is 400 g/mol. The Morgan fingerprint density at radius 3 is 1.82 bits per heavy atom. The first-order valence-corrected chi connectivity index (χ1v) is 12.1. The number of likely N-dealkylation sites (N-methyl/N-ethyl adjacent to an activating group) is 1. The molecule has 1 rings (SSSR count). The molecule has 0 amide bonds. The Hall–Kier alpha value is -0.160. The highest BCUT2D eigenvalue weighted by Crippen LogP contribution is 2.47. The lowest BCUT2D eigenvalue weighted by atomic mass is 9.81. The van der Waals surface area contributed by atoms with Gasteiger partial charge in [0.05, 0.1) is 0 Å². The van der Waals surface area contributed by atoms with Gasteiger partial charge in [0.25, 0.3) is 0 Å². The highest BCUT2D eigenvalue weighted by Gasteiger charge is 2.40. The van der Waals surface area contributed by atoms with Crippen LogP contribution in [0.15, 0.2) is 0 Å². The topological polar surface area (TPSA) is 58.5 Å². The van der Waals surface area contributed by atoms with Crippen molar-refractivity contribution in [2.45, 2.75) is 93.4 Å². The maximum Gasteiger partial charge on any atom is 0.0104 e. The third-order valence-corrected chi connectivity index (χ3v) is 6.65. The molecule has 0 aliphatic heterocycles. The average molecular weight is 401 g/mol. The Balaban J connectivity index is 0. The van der Waals surface area contributed by atoms with E-state index < -0.39 is 0 Å². The van der Waals surface area contributed by atoms with Crippen LogP contribution in [0.2, 0.25) is 0 Å². The Morgan fingerprint density at radius 2 is 1.46 bits per heavy atom. The van der Waals surface area contributed by atoms with Gasteiger partial charge in [-0.25, -0.2) is 0 Å². The SMILES string of the molecule is CC.CCC(C)(CC)CCN(C)CCC1(CN)CC1.CCCN(CC)CCN. The molecule has 0 saturated heterocycles. The van der Waals surface area contributed by atoms with Crippen LogP contribution in [0.3, 0.4) is 0 Å². The third kappa shape index (κ3) is 13.9. The summed E-state index contributed by atoms with van der Waals surface area (Å²) in [6.45, 7) is 22.9. The van der Waals surface area contributed by atoms with Crippen LogP contribution in [0.4, 0.5) is 0 Å². The van der Waals surface area contributed by atoms with Gasteiger partial charge < -0.3 is 21.3 Å². The van der Waals surface area contributed by atoms with Gasteiger partial charge in [-0.05, 0) is 82.7 Å². The van der Waals surface area contributed by atoms with Gasteiger partial charge in [0.2, 0.25) is 0 Å². The van der Waals surface area contributed by atoms with Crippen LogP contribution in [-0.4, -0.2) is 62.7 Å². The highest BCUT2D eigenvalue weighted by atomic mass is 15.1. The number of hydrogen-bond acceptors (Lipinski definition) is 4. The van der Waals surface area contributed by atoms with Gasteiger partial charge >= 0.3 is 0 Å². The normalized spacial score (nSPS) is 15.0. The lowest BCUT2D eigenvalue weighted by Gasteiger charge is -2.29. The van der Waals surface area contributed by atoms with E-state index in [0.29, 0.717) is 10.8 Å². The molecule has 4 heteroatoms. The molecule has 28 heavy (non-hydrogen) atoms. The largest absolute Gasteiger partial charge is 0.330 e. The summed E-state index contributed by atoms with van der Waals surface area (Å²) in [6, 6.07) is 0. The van der Waals surface area contributed by atoms with E-state index in [9.17, 15) is 0 Å². The lowest BCUT2D eigenvalue weighted by molar-refractivity contribution is 0.208. The van der Waals surface area contributed by atoms with E-state index in [4.69, 9.17) is 11.5 Å². The molecule has 0 bridgehead atoms. The fourth-order valence-electron chi connectivity index (χ4n) is 3.26. The van der Waals surface area contributed by atoms with Gasteiger partial charge in [-0.1, -0.05) is 61.3 Å². The summed E-state index contributed by atoms with van der Waals surface area (Å²) < 4.78 is 0. The second-order valence-electron chi connectivity index (χ2n) is 8.75. The first-order valence-electron chi connectivity index (χ1n) is 12.1. The molecule has 0 unspecified atom stereocenters. The van der Waals surface area contributed by atoms with Crippen molar-refractivity contribution in [3.05, 3.63) is 0 Å². The maximum atomic E-state index is 5.82. The van der Waals surface area contributed by atoms with Gasteiger partial charge in [0, 0.05) is 13.1 Å². The Bertz CT molecular complexity index is 319. The van der Waals surface area contributed by atoms with Crippen LogP contribution in [0.25, 0.3) is 0 Å². The summed E-state index contributed by atoms with van der Waals surface area (Å²) in [7, 11) is 2.26. The number of hydrogen-bond donors (Lipinski definition) is 2. The Morgan fingerprint density at radius 1 is 0.893 bits per heavy atom. The van der Waals surface area contributed by atoms with Crippen LogP contribution in [0.1, 0.15) is 93.4 Å². The molecule has 0 heterocycles. The molecule has 0 radical (unpaired) electrons. The molecule has 1 fully saturated rings. The lowest BCUT2D eigenvalue weighted by Crippen LogP contribution is -2.29. The molecule has 0 aromatic heterocycles. The molecular formula is C24H56N4. The minimum Gasteiger partial charge on any atom is -0.330 e. The van der Waals surface area contributed by atoms with Crippen molar-refractivity contribution in [3.8, 4) is 0 Å². The smallest absolute Gasteiger partial charge is 0.0104 e. The molecule has 1 aliphatic carbocycles. The fourth-order valence-corrected chi connectivity index (χ4v) is 3.26. The molecule has 1 saturated carbocycles. The van der Waals surface area contributed by atoms with Crippen LogP contribution in [0, 0.1) is 10.8 Å². The van der Waals surface area contributed by atoms with Crippen molar-refractivity contribution in [1.29, 1.82) is 0 Å². The van der Waals surface area contributed by atoms with Gasteiger partial charge in [-0.3, -0.25) is 0 Å². The van der Waals surface area contributed by atoms with E-state index in [1.165, 1.54) is 64.6 Å². The number of rotatable bonds is 14. The van der Waals surface area contributed by atoms with Gasteiger partial charge in [0.1, 0.15) is 0 Å². The third-order valence-electron chi connectivity index (χ3n) is 6.65. The Labute approximate surface area is 178 Å². The predicted molar refractivity (Wildman–Crippen MR) is 129 cm³/mol. The van der Waals surface area contributed by atoms with Crippen molar-refractivity contribution in [3.63, 3.8) is 0 Å². The molecule has 172 valence electrons. The van der Waals surface area contributed by atoms with Gasteiger partial charge in [-0.2, -0.15) is 0 Å². The molecular weight excluding hydrogens is 344 g/mol. The van der Waals surface area contributed by atoms with Crippen LogP contribution in [0.5, 0.6) is 0 Å². The summed E-state index contributed by atoms with van der Waals surface area (Å²) in [5.74, 6) is 0. The van der Waals surface area contributed by atoms with E-state index in [2.05, 4.69) is 51.5 Å². The fraction of sp³-hybridized carbons (Fsp3) is 1.00. The van der Waals surface area contributed by atoms with Gasteiger partial charge in [-0.15, -0.1) is 0 Å². The zero-order valence-electron chi connectivity index (χ0n) is 20.9. The molecule has 4 N–H and O–H groups in total. The van der Waals surface area contributed by atoms with E-state index in [0.717, 1.165) is 26.2 Å². The van der Waals surface area contributed by atoms with Crippen molar-refractivity contribution in [2.24, 2.45) is 22.3 Å². The molecule has 0 aromatic carbocycles. The van der Waals surface area contributed by atoms with Crippen LogP contribution < -0.4 is 11.5 Å². The van der Waals surface area contributed by atoms with Crippen molar-refractivity contribution in [1.82, 2.24) is 9.80 Å². The first kappa shape index (κ1) is 30.0. The van der Waals surface area contributed by atoms with Crippen molar-refractivity contribution >= 4 is 0 Å². The zero-order valence-corrected chi connectivity index (χ0v) is 20.9. The zero-order chi connectivity index (χ0) is 22.1. The van der Waals surface area contributed by atoms with Crippen molar-refractivity contribution < 1.29 is 0 Å².